The maximum absolute atomic E-state index is 14.1. The van der Waals surface area contributed by atoms with Gasteiger partial charge in [0.15, 0.2) is 11.8 Å². The highest BCUT2D eigenvalue weighted by molar-refractivity contribution is 6.00. The van der Waals surface area contributed by atoms with Crippen LogP contribution in [0.15, 0.2) is 43.2 Å². The molecule has 0 aromatic carbocycles. The van der Waals surface area contributed by atoms with Crippen LogP contribution in [0.1, 0.15) is 29.8 Å². The van der Waals surface area contributed by atoms with Gasteiger partial charge in [-0.05, 0) is 19.9 Å². The molecule has 10 nitrogen and oxygen atoms in total. The molecule has 4 rings (SSSR count). The number of halogens is 4. The minimum atomic E-state index is -2.61. The number of rotatable bonds is 9. The minimum absolute atomic E-state index is 0.0154. The Bertz CT molecular complexity index is 1470. The number of imidazole rings is 1. The highest BCUT2D eigenvalue weighted by Gasteiger charge is 2.29. The highest BCUT2D eigenvalue weighted by Crippen LogP contribution is 2.25. The number of alkyl halides is 4. The molecule has 0 saturated heterocycles. The fraction of sp³-hybridized carbons (Fsp3) is 0.304. The lowest BCUT2D eigenvalue weighted by Gasteiger charge is -2.20. The number of amides is 1. The van der Waals surface area contributed by atoms with Gasteiger partial charge in [0.05, 0.1) is 35.2 Å². The Labute approximate surface area is 208 Å². The number of carbonyl (C=O) groups is 1. The SMILES string of the molecule is CC(C)(F)C(F)CNC(=O)c1cnc(-n2cnc3cc(C#N)cnc32)cc1Nc1cnn(CC(F)F)c1. The first kappa shape index (κ1) is 25.5. The number of hydrogen-bond donors (Lipinski definition) is 2. The number of nitriles is 1. The van der Waals surface area contributed by atoms with Crippen molar-refractivity contribution in [1.82, 2.24) is 34.6 Å². The lowest BCUT2D eigenvalue weighted by Crippen LogP contribution is -2.39. The minimum Gasteiger partial charge on any atom is -0.352 e. The van der Waals surface area contributed by atoms with Crippen molar-refractivity contribution in [2.75, 3.05) is 11.9 Å². The molecule has 4 aromatic rings. The van der Waals surface area contributed by atoms with Crippen molar-refractivity contribution in [3.8, 4) is 11.9 Å². The summed E-state index contributed by atoms with van der Waals surface area (Å²) < 4.78 is 55.9. The van der Waals surface area contributed by atoms with Gasteiger partial charge in [-0.2, -0.15) is 10.4 Å². The Hall–Kier alpha value is -4.54. The molecule has 192 valence electrons. The topological polar surface area (TPSA) is 126 Å². The van der Waals surface area contributed by atoms with E-state index < -0.39 is 37.3 Å². The molecular formula is C23H21F4N9O. The van der Waals surface area contributed by atoms with E-state index in [2.05, 4.69) is 30.7 Å². The van der Waals surface area contributed by atoms with Crippen LogP contribution < -0.4 is 10.6 Å². The van der Waals surface area contributed by atoms with Crippen LogP contribution >= 0.6 is 0 Å². The molecule has 14 heteroatoms. The number of carbonyl (C=O) groups excluding carboxylic acids is 1. The molecule has 0 bridgehead atoms. The van der Waals surface area contributed by atoms with Gasteiger partial charge in [0, 0.05) is 24.7 Å². The summed E-state index contributed by atoms with van der Waals surface area (Å²) in [6, 6.07) is 5.01. The molecule has 4 aromatic heterocycles. The van der Waals surface area contributed by atoms with E-state index in [9.17, 15) is 22.4 Å². The van der Waals surface area contributed by atoms with Crippen molar-refractivity contribution < 1.29 is 22.4 Å². The van der Waals surface area contributed by atoms with Crippen LogP contribution in [0.3, 0.4) is 0 Å². The zero-order chi connectivity index (χ0) is 26.7. The molecule has 0 aliphatic heterocycles. The second-order valence-corrected chi connectivity index (χ2v) is 8.59. The first-order valence-corrected chi connectivity index (χ1v) is 11.0. The fourth-order valence-corrected chi connectivity index (χ4v) is 3.34. The molecule has 0 saturated carbocycles. The highest BCUT2D eigenvalue weighted by atomic mass is 19.3. The van der Waals surface area contributed by atoms with Gasteiger partial charge < -0.3 is 10.6 Å². The van der Waals surface area contributed by atoms with Crippen molar-refractivity contribution in [2.45, 2.75) is 38.7 Å². The number of fused-ring (bicyclic) bond motifs is 1. The van der Waals surface area contributed by atoms with Crippen molar-refractivity contribution in [3.05, 3.63) is 54.4 Å². The van der Waals surface area contributed by atoms with Crippen LogP contribution in [-0.2, 0) is 6.54 Å². The largest absolute Gasteiger partial charge is 0.352 e. The molecule has 1 unspecified atom stereocenters. The molecular weight excluding hydrogens is 494 g/mol. The summed E-state index contributed by atoms with van der Waals surface area (Å²) in [5.41, 5.74) is -0.534. The summed E-state index contributed by atoms with van der Waals surface area (Å²) in [6.45, 7) is 0.929. The van der Waals surface area contributed by atoms with E-state index in [0.29, 0.717) is 22.4 Å². The molecule has 0 spiro atoms. The van der Waals surface area contributed by atoms with Gasteiger partial charge in [-0.1, -0.05) is 0 Å². The van der Waals surface area contributed by atoms with Crippen molar-refractivity contribution in [3.63, 3.8) is 0 Å². The maximum Gasteiger partial charge on any atom is 0.257 e. The summed E-state index contributed by atoms with van der Waals surface area (Å²) in [5.74, 6) is -0.451. The summed E-state index contributed by atoms with van der Waals surface area (Å²) in [5, 5.41) is 18.2. The van der Waals surface area contributed by atoms with Crippen LogP contribution in [0.5, 0.6) is 0 Å². The van der Waals surface area contributed by atoms with Gasteiger partial charge in [-0.25, -0.2) is 32.5 Å². The first-order valence-electron chi connectivity index (χ1n) is 11.0. The quantitative estimate of drug-likeness (QED) is 0.326. The Morgan fingerprint density at radius 1 is 1.16 bits per heavy atom. The monoisotopic (exact) mass is 515 g/mol. The molecule has 0 fully saturated rings. The predicted octanol–water partition coefficient (Wildman–Crippen LogP) is 3.71. The standard InChI is InChI=1S/C23H21F4N9O/c1-23(2,27)18(24)9-31-22(37)15-8-29-20(36-12-32-17-3-13(5-28)6-30-21(17)36)4-16(15)34-14-7-33-35(10-14)11-19(25)26/h3-4,6-8,10,12,18-19H,9,11H2,1-2H3,(H,29,34)(H,31,37). The lowest BCUT2D eigenvalue weighted by atomic mass is 10.1. The zero-order valence-corrected chi connectivity index (χ0v) is 19.7. The van der Waals surface area contributed by atoms with Gasteiger partial charge in [-0.15, -0.1) is 0 Å². The number of nitrogens with one attached hydrogen (secondary N) is 2. The normalized spacial score (nSPS) is 12.5. The molecule has 0 radical (unpaired) electrons. The van der Waals surface area contributed by atoms with E-state index in [4.69, 9.17) is 5.26 Å². The smallest absolute Gasteiger partial charge is 0.257 e. The second kappa shape index (κ2) is 10.2. The predicted molar refractivity (Wildman–Crippen MR) is 125 cm³/mol. The molecule has 4 heterocycles. The van der Waals surface area contributed by atoms with Crippen molar-refractivity contribution >= 4 is 28.4 Å². The number of hydrogen-bond acceptors (Lipinski definition) is 7. The summed E-state index contributed by atoms with van der Waals surface area (Å²) >= 11 is 0. The van der Waals surface area contributed by atoms with E-state index in [-0.39, 0.29) is 17.1 Å². The Kier molecular flexibility index (Phi) is 7.05. The van der Waals surface area contributed by atoms with Crippen molar-refractivity contribution in [2.24, 2.45) is 0 Å². The number of aromatic nitrogens is 6. The molecule has 37 heavy (non-hydrogen) atoms. The Morgan fingerprint density at radius 3 is 2.65 bits per heavy atom. The molecule has 2 N–H and O–H groups in total. The first-order chi connectivity index (χ1) is 17.5. The number of pyridine rings is 2. The van der Waals surface area contributed by atoms with Crippen LogP contribution in [0, 0.1) is 11.3 Å². The molecule has 0 aliphatic carbocycles. The zero-order valence-electron chi connectivity index (χ0n) is 19.7. The second-order valence-electron chi connectivity index (χ2n) is 8.59. The average molecular weight is 515 g/mol. The third-order valence-corrected chi connectivity index (χ3v) is 5.32. The third kappa shape index (κ3) is 5.83. The van der Waals surface area contributed by atoms with E-state index in [1.165, 1.54) is 41.7 Å². The Balaban J connectivity index is 1.69. The van der Waals surface area contributed by atoms with E-state index >= 15 is 0 Å². The van der Waals surface area contributed by atoms with Crippen LogP contribution in [0.4, 0.5) is 28.9 Å². The van der Waals surface area contributed by atoms with E-state index in [0.717, 1.165) is 18.5 Å². The molecule has 1 amide bonds. The molecule has 0 aliphatic rings. The number of anilines is 2. The van der Waals surface area contributed by atoms with Crippen LogP contribution in [-0.4, -0.2) is 60.0 Å². The van der Waals surface area contributed by atoms with Gasteiger partial charge in [0.1, 0.15) is 35.9 Å². The van der Waals surface area contributed by atoms with E-state index in [1.54, 1.807) is 6.07 Å². The summed E-state index contributed by atoms with van der Waals surface area (Å²) in [4.78, 5) is 25.6. The van der Waals surface area contributed by atoms with Crippen LogP contribution in [0.25, 0.3) is 17.0 Å². The molecule has 1 atom stereocenters. The van der Waals surface area contributed by atoms with Gasteiger partial charge in [0.25, 0.3) is 12.3 Å². The Morgan fingerprint density at radius 2 is 1.95 bits per heavy atom. The van der Waals surface area contributed by atoms with Gasteiger partial charge in [0.2, 0.25) is 0 Å². The van der Waals surface area contributed by atoms with Gasteiger partial charge >= 0.3 is 0 Å². The fourth-order valence-electron chi connectivity index (χ4n) is 3.34. The third-order valence-electron chi connectivity index (χ3n) is 5.32. The maximum atomic E-state index is 14.1. The number of nitrogens with zero attached hydrogens (tertiary/aromatic N) is 7. The van der Waals surface area contributed by atoms with Gasteiger partial charge in [-0.3, -0.25) is 14.0 Å². The van der Waals surface area contributed by atoms with Crippen molar-refractivity contribution in [1.29, 1.82) is 5.26 Å². The lowest BCUT2D eigenvalue weighted by molar-refractivity contribution is 0.0759. The van der Waals surface area contributed by atoms with Crippen LogP contribution in [0.2, 0.25) is 0 Å². The average Bonchev–Trinajstić information content (AvgIpc) is 3.47. The summed E-state index contributed by atoms with van der Waals surface area (Å²) in [6.07, 6.45) is 2.09. The van der Waals surface area contributed by atoms with E-state index in [1.807, 2.05) is 6.07 Å². The summed E-state index contributed by atoms with van der Waals surface area (Å²) in [7, 11) is 0.